The number of ether oxygens (including phenoxy) is 1. The molecule has 0 saturated heterocycles. The van der Waals surface area contributed by atoms with Crippen molar-refractivity contribution in [2.75, 3.05) is 0 Å². The van der Waals surface area contributed by atoms with Crippen LogP contribution in [0.2, 0.25) is 0 Å². The number of carbonyl (C=O) groups is 1. The molecule has 0 spiro atoms. The minimum Gasteiger partial charge on any atom is -0.491 e. The second-order valence-electron chi connectivity index (χ2n) is 6.58. The van der Waals surface area contributed by atoms with Gasteiger partial charge in [0.2, 0.25) is 0 Å². The second kappa shape index (κ2) is 8.29. The summed E-state index contributed by atoms with van der Waals surface area (Å²) < 4.78 is 5.79. The van der Waals surface area contributed by atoms with Gasteiger partial charge in [0, 0.05) is 18.5 Å². The van der Waals surface area contributed by atoms with Crippen LogP contribution >= 0.6 is 11.3 Å². The molecule has 0 aliphatic rings. The Kier molecular flexibility index (Phi) is 6.37. The van der Waals surface area contributed by atoms with Gasteiger partial charge in [-0.05, 0) is 32.8 Å². The largest absolute Gasteiger partial charge is 0.491 e. The molecule has 2 aromatic rings. The average Bonchev–Trinajstić information content (AvgIpc) is 2.85. The molecule has 24 heavy (non-hydrogen) atoms. The third-order valence-electron chi connectivity index (χ3n) is 3.40. The first-order valence-electron chi connectivity index (χ1n) is 8.36. The SMILES string of the molecule is Cc1nc(CC(C)C)sc1C(=O)NCc1ccccc1OC(C)C. The van der Waals surface area contributed by atoms with E-state index < -0.39 is 0 Å². The predicted octanol–water partition coefficient (Wildman–Crippen LogP) is 4.37. The van der Waals surface area contributed by atoms with Crippen molar-refractivity contribution in [1.82, 2.24) is 10.3 Å². The van der Waals surface area contributed by atoms with Gasteiger partial charge in [0.1, 0.15) is 10.6 Å². The van der Waals surface area contributed by atoms with Crippen molar-refractivity contribution >= 4 is 17.2 Å². The van der Waals surface area contributed by atoms with Crippen molar-refractivity contribution < 1.29 is 9.53 Å². The van der Waals surface area contributed by atoms with Crippen LogP contribution in [0.25, 0.3) is 0 Å². The summed E-state index contributed by atoms with van der Waals surface area (Å²) >= 11 is 1.49. The number of para-hydroxylation sites is 1. The lowest BCUT2D eigenvalue weighted by Gasteiger charge is -2.14. The van der Waals surface area contributed by atoms with E-state index in [9.17, 15) is 4.79 Å². The van der Waals surface area contributed by atoms with Crippen LogP contribution in [-0.4, -0.2) is 17.0 Å². The summed E-state index contributed by atoms with van der Waals surface area (Å²) in [5.41, 5.74) is 1.78. The molecule has 1 heterocycles. The van der Waals surface area contributed by atoms with Gasteiger partial charge in [0.25, 0.3) is 5.91 Å². The quantitative estimate of drug-likeness (QED) is 0.810. The Morgan fingerprint density at radius 2 is 1.96 bits per heavy atom. The highest BCUT2D eigenvalue weighted by atomic mass is 32.1. The van der Waals surface area contributed by atoms with Gasteiger partial charge in [0.15, 0.2) is 0 Å². The van der Waals surface area contributed by atoms with Gasteiger partial charge in [0.05, 0.1) is 16.8 Å². The molecule has 0 radical (unpaired) electrons. The van der Waals surface area contributed by atoms with Gasteiger partial charge in [-0.2, -0.15) is 0 Å². The van der Waals surface area contributed by atoms with Crippen LogP contribution in [-0.2, 0) is 13.0 Å². The lowest BCUT2D eigenvalue weighted by atomic mass is 10.1. The lowest BCUT2D eigenvalue weighted by molar-refractivity contribution is 0.0954. The first-order chi connectivity index (χ1) is 11.4. The third-order valence-corrected chi connectivity index (χ3v) is 4.58. The number of aromatic nitrogens is 1. The molecule has 1 amide bonds. The van der Waals surface area contributed by atoms with Crippen molar-refractivity contribution in [1.29, 1.82) is 0 Å². The maximum Gasteiger partial charge on any atom is 0.263 e. The normalized spacial score (nSPS) is 11.1. The average molecular weight is 346 g/mol. The minimum absolute atomic E-state index is 0.0700. The summed E-state index contributed by atoms with van der Waals surface area (Å²) in [4.78, 5) is 17.7. The number of nitrogens with one attached hydrogen (secondary N) is 1. The van der Waals surface area contributed by atoms with Gasteiger partial charge < -0.3 is 10.1 Å². The molecule has 4 nitrogen and oxygen atoms in total. The van der Waals surface area contributed by atoms with Gasteiger partial charge in [-0.3, -0.25) is 4.79 Å². The second-order valence-corrected chi connectivity index (χ2v) is 7.66. The van der Waals surface area contributed by atoms with E-state index in [1.54, 1.807) is 0 Å². The smallest absolute Gasteiger partial charge is 0.263 e. The highest BCUT2D eigenvalue weighted by Crippen LogP contribution is 2.22. The first-order valence-corrected chi connectivity index (χ1v) is 9.17. The molecule has 0 bridgehead atoms. The maximum absolute atomic E-state index is 12.5. The van der Waals surface area contributed by atoms with E-state index in [1.165, 1.54) is 11.3 Å². The van der Waals surface area contributed by atoms with Crippen LogP contribution in [0, 0.1) is 12.8 Å². The number of benzene rings is 1. The number of hydrogen-bond donors (Lipinski definition) is 1. The van der Waals surface area contributed by atoms with Crippen LogP contribution < -0.4 is 10.1 Å². The maximum atomic E-state index is 12.5. The van der Waals surface area contributed by atoms with Crippen LogP contribution in [0.3, 0.4) is 0 Å². The number of nitrogens with zero attached hydrogens (tertiary/aromatic N) is 1. The zero-order valence-electron chi connectivity index (χ0n) is 15.1. The molecule has 5 heteroatoms. The predicted molar refractivity (Wildman–Crippen MR) is 98.8 cm³/mol. The van der Waals surface area contributed by atoms with Crippen LogP contribution in [0.5, 0.6) is 5.75 Å². The Morgan fingerprint density at radius 1 is 1.25 bits per heavy atom. The van der Waals surface area contributed by atoms with E-state index in [4.69, 9.17) is 4.74 Å². The number of thiazole rings is 1. The molecule has 0 unspecified atom stereocenters. The molecule has 0 fully saturated rings. The highest BCUT2D eigenvalue weighted by Gasteiger charge is 2.16. The molecule has 2 rings (SSSR count). The number of carbonyl (C=O) groups excluding carboxylic acids is 1. The number of rotatable bonds is 7. The van der Waals surface area contributed by atoms with E-state index >= 15 is 0 Å². The summed E-state index contributed by atoms with van der Waals surface area (Å²) in [5.74, 6) is 1.28. The number of amides is 1. The van der Waals surface area contributed by atoms with E-state index in [2.05, 4.69) is 24.1 Å². The fourth-order valence-electron chi connectivity index (χ4n) is 2.37. The van der Waals surface area contributed by atoms with E-state index in [0.29, 0.717) is 17.3 Å². The lowest BCUT2D eigenvalue weighted by Crippen LogP contribution is -2.23. The molecule has 0 aliphatic heterocycles. The third kappa shape index (κ3) is 5.06. The Labute approximate surface area is 148 Å². The van der Waals surface area contributed by atoms with Crippen molar-refractivity contribution in [2.24, 2.45) is 5.92 Å². The first kappa shape index (κ1) is 18.5. The minimum atomic E-state index is -0.0700. The zero-order chi connectivity index (χ0) is 17.7. The Bertz CT molecular complexity index is 692. The fraction of sp³-hybridized carbons (Fsp3) is 0.474. The van der Waals surface area contributed by atoms with Crippen molar-refractivity contribution in [2.45, 2.75) is 53.7 Å². The standard InChI is InChI=1S/C19H26N2O2S/c1-12(2)10-17-21-14(5)18(24-17)19(22)20-11-15-8-6-7-9-16(15)23-13(3)4/h6-9,12-13H,10-11H2,1-5H3,(H,20,22). The van der Waals surface area contributed by atoms with Gasteiger partial charge in [-0.25, -0.2) is 4.98 Å². The topological polar surface area (TPSA) is 51.2 Å². The molecule has 1 aromatic carbocycles. The molecule has 0 atom stereocenters. The number of aryl methyl sites for hydroxylation is 1. The molecule has 0 aliphatic carbocycles. The van der Waals surface area contributed by atoms with Crippen LogP contribution in [0.1, 0.15) is 53.6 Å². The Balaban J connectivity index is 2.05. The van der Waals surface area contributed by atoms with Crippen LogP contribution in [0.4, 0.5) is 0 Å². The molecule has 0 saturated carbocycles. The van der Waals surface area contributed by atoms with Gasteiger partial charge >= 0.3 is 0 Å². The summed E-state index contributed by atoms with van der Waals surface area (Å²) in [6.07, 6.45) is 1.01. The highest BCUT2D eigenvalue weighted by molar-refractivity contribution is 7.13. The summed E-state index contributed by atoms with van der Waals surface area (Å²) in [7, 11) is 0. The van der Waals surface area contributed by atoms with Crippen molar-refractivity contribution in [3.8, 4) is 5.75 Å². The summed E-state index contributed by atoms with van der Waals surface area (Å²) in [6, 6.07) is 7.80. The molecular weight excluding hydrogens is 320 g/mol. The molecule has 130 valence electrons. The van der Waals surface area contributed by atoms with Crippen molar-refractivity contribution in [3.05, 3.63) is 45.4 Å². The van der Waals surface area contributed by atoms with Crippen molar-refractivity contribution in [3.63, 3.8) is 0 Å². The molecule has 1 N–H and O–H groups in total. The van der Waals surface area contributed by atoms with E-state index in [-0.39, 0.29) is 12.0 Å². The summed E-state index contributed by atoms with van der Waals surface area (Å²) in [6.45, 7) is 10.6. The fourth-order valence-corrected chi connectivity index (χ4v) is 3.57. The summed E-state index contributed by atoms with van der Waals surface area (Å²) in [5, 5.41) is 4.01. The zero-order valence-corrected chi connectivity index (χ0v) is 15.9. The van der Waals surface area contributed by atoms with Gasteiger partial charge in [-0.15, -0.1) is 11.3 Å². The van der Waals surface area contributed by atoms with E-state index in [0.717, 1.165) is 28.4 Å². The number of hydrogen-bond acceptors (Lipinski definition) is 4. The van der Waals surface area contributed by atoms with Gasteiger partial charge in [-0.1, -0.05) is 32.0 Å². The Hall–Kier alpha value is -1.88. The Morgan fingerprint density at radius 3 is 2.62 bits per heavy atom. The molecular formula is C19H26N2O2S. The molecule has 1 aromatic heterocycles. The van der Waals surface area contributed by atoms with Crippen LogP contribution in [0.15, 0.2) is 24.3 Å². The van der Waals surface area contributed by atoms with E-state index in [1.807, 2.05) is 45.0 Å². The monoisotopic (exact) mass is 346 g/mol.